The van der Waals surface area contributed by atoms with Crippen molar-refractivity contribution in [2.24, 2.45) is 11.8 Å². The topological polar surface area (TPSA) is 29.5 Å². The molecule has 0 aromatic heterocycles. The van der Waals surface area contributed by atoms with Crippen molar-refractivity contribution in [1.82, 2.24) is 0 Å². The predicted octanol–water partition coefficient (Wildman–Crippen LogP) is 3.24. The Hall–Kier alpha value is -0.0800. The van der Waals surface area contributed by atoms with Gasteiger partial charge in [0.05, 0.1) is 6.10 Å². The van der Waals surface area contributed by atoms with Crippen molar-refractivity contribution in [1.29, 1.82) is 0 Å². The monoisotopic (exact) mass is 216 g/mol. The van der Waals surface area contributed by atoms with Gasteiger partial charge in [-0.1, -0.05) is 27.7 Å². The van der Waals surface area contributed by atoms with Crippen LogP contribution in [-0.4, -0.2) is 24.4 Å². The number of rotatable bonds is 9. The van der Waals surface area contributed by atoms with Crippen LogP contribution in [-0.2, 0) is 4.74 Å². The molecule has 0 aliphatic rings. The molecule has 92 valence electrons. The summed E-state index contributed by atoms with van der Waals surface area (Å²) in [5.74, 6) is 1.39. The smallest absolute Gasteiger partial charge is 0.0562 e. The summed E-state index contributed by atoms with van der Waals surface area (Å²) in [7, 11) is 0. The average molecular weight is 216 g/mol. The van der Waals surface area contributed by atoms with Crippen LogP contribution in [0, 0.1) is 11.8 Å². The molecule has 1 atom stereocenters. The van der Waals surface area contributed by atoms with Gasteiger partial charge in [0.1, 0.15) is 0 Å². The summed E-state index contributed by atoms with van der Waals surface area (Å²) in [6, 6.07) is 0. The van der Waals surface area contributed by atoms with E-state index in [1.54, 1.807) is 0 Å². The molecule has 0 heterocycles. The average Bonchev–Trinajstić information content (AvgIpc) is 2.13. The molecule has 0 aliphatic carbocycles. The third-order valence-corrected chi connectivity index (χ3v) is 2.51. The van der Waals surface area contributed by atoms with Gasteiger partial charge in [-0.3, -0.25) is 0 Å². The van der Waals surface area contributed by atoms with Crippen molar-refractivity contribution in [3.8, 4) is 0 Å². The van der Waals surface area contributed by atoms with Gasteiger partial charge in [0, 0.05) is 13.2 Å². The molecule has 0 rings (SSSR count). The first-order valence-electron chi connectivity index (χ1n) is 6.28. The second kappa shape index (κ2) is 9.17. The minimum atomic E-state index is -0.175. The molecule has 15 heavy (non-hydrogen) atoms. The van der Waals surface area contributed by atoms with Crippen LogP contribution in [0.4, 0.5) is 0 Å². The van der Waals surface area contributed by atoms with Gasteiger partial charge in [-0.15, -0.1) is 0 Å². The summed E-state index contributed by atoms with van der Waals surface area (Å²) in [5.41, 5.74) is 0. The fourth-order valence-corrected chi connectivity index (χ4v) is 1.31. The summed E-state index contributed by atoms with van der Waals surface area (Å²) in [4.78, 5) is 0. The molecule has 0 fully saturated rings. The molecular formula is C13H28O2. The Bertz CT molecular complexity index is 132. The molecular weight excluding hydrogens is 188 g/mol. The van der Waals surface area contributed by atoms with E-state index < -0.39 is 0 Å². The molecule has 0 aromatic rings. The first-order chi connectivity index (χ1) is 7.02. The van der Waals surface area contributed by atoms with Gasteiger partial charge in [-0.25, -0.2) is 0 Å². The van der Waals surface area contributed by atoms with Gasteiger partial charge in [0.15, 0.2) is 0 Å². The fraction of sp³-hybridized carbons (Fsp3) is 1.00. The molecule has 0 bridgehead atoms. The molecule has 0 spiro atoms. The van der Waals surface area contributed by atoms with Crippen LogP contribution in [0.2, 0.25) is 0 Å². The molecule has 0 amide bonds. The van der Waals surface area contributed by atoms with Gasteiger partial charge in [-0.2, -0.15) is 0 Å². The number of ether oxygens (including phenoxy) is 1. The maximum absolute atomic E-state index is 9.63. The zero-order chi connectivity index (χ0) is 11.7. The number of hydrogen-bond acceptors (Lipinski definition) is 2. The van der Waals surface area contributed by atoms with E-state index >= 15 is 0 Å². The Labute approximate surface area is 95.0 Å². The maximum atomic E-state index is 9.63. The van der Waals surface area contributed by atoms with Crippen molar-refractivity contribution in [3.05, 3.63) is 0 Å². The molecule has 1 unspecified atom stereocenters. The van der Waals surface area contributed by atoms with E-state index in [9.17, 15) is 5.11 Å². The first kappa shape index (κ1) is 14.9. The third kappa shape index (κ3) is 11.8. The van der Waals surface area contributed by atoms with E-state index in [4.69, 9.17) is 4.74 Å². The summed E-state index contributed by atoms with van der Waals surface area (Å²) in [5, 5.41) is 9.63. The van der Waals surface area contributed by atoms with Crippen molar-refractivity contribution in [3.63, 3.8) is 0 Å². The molecule has 1 N–H and O–H groups in total. The standard InChI is InChI=1S/C13H28O2/c1-11(2)5-6-13(14)8-10-15-9-7-12(3)4/h11-14H,5-10H2,1-4H3. The minimum Gasteiger partial charge on any atom is -0.393 e. The van der Waals surface area contributed by atoms with Gasteiger partial charge in [0.25, 0.3) is 0 Å². The van der Waals surface area contributed by atoms with E-state index in [-0.39, 0.29) is 6.10 Å². The minimum absolute atomic E-state index is 0.175. The number of aliphatic hydroxyl groups excluding tert-OH is 1. The van der Waals surface area contributed by atoms with Gasteiger partial charge >= 0.3 is 0 Å². The van der Waals surface area contributed by atoms with Crippen molar-refractivity contribution < 1.29 is 9.84 Å². The van der Waals surface area contributed by atoms with Crippen molar-refractivity contribution >= 4 is 0 Å². The highest BCUT2D eigenvalue weighted by Crippen LogP contribution is 2.09. The molecule has 0 aromatic carbocycles. The van der Waals surface area contributed by atoms with Crippen LogP contribution >= 0.6 is 0 Å². The predicted molar refractivity (Wildman–Crippen MR) is 65.0 cm³/mol. The largest absolute Gasteiger partial charge is 0.393 e. The molecule has 0 saturated carbocycles. The Kier molecular flexibility index (Phi) is 9.12. The lowest BCUT2D eigenvalue weighted by molar-refractivity contribution is 0.0710. The van der Waals surface area contributed by atoms with Crippen molar-refractivity contribution in [2.45, 2.75) is 59.5 Å². The van der Waals surface area contributed by atoms with Crippen LogP contribution in [0.3, 0.4) is 0 Å². The Morgan fingerprint density at radius 3 is 1.87 bits per heavy atom. The summed E-state index contributed by atoms with van der Waals surface area (Å²) in [6.07, 6.45) is 3.73. The molecule has 2 nitrogen and oxygen atoms in total. The number of aliphatic hydroxyl groups is 1. The fourth-order valence-electron chi connectivity index (χ4n) is 1.31. The SMILES string of the molecule is CC(C)CCOCCC(O)CCC(C)C. The lowest BCUT2D eigenvalue weighted by Crippen LogP contribution is -2.12. The summed E-state index contributed by atoms with van der Waals surface area (Å²) < 4.78 is 5.46. The van der Waals surface area contributed by atoms with Crippen LogP contribution in [0.5, 0.6) is 0 Å². The zero-order valence-corrected chi connectivity index (χ0v) is 10.8. The van der Waals surface area contributed by atoms with Crippen LogP contribution in [0.1, 0.15) is 53.4 Å². The first-order valence-corrected chi connectivity index (χ1v) is 6.28. The summed E-state index contributed by atoms with van der Waals surface area (Å²) >= 11 is 0. The Morgan fingerprint density at radius 2 is 1.33 bits per heavy atom. The van der Waals surface area contributed by atoms with Crippen LogP contribution < -0.4 is 0 Å². The molecule has 0 saturated heterocycles. The highest BCUT2D eigenvalue weighted by Gasteiger charge is 2.05. The molecule has 2 heteroatoms. The van der Waals surface area contributed by atoms with Gasteiger partial charge in [0.2, 0.25) is 0 Å². The maximum Gasteiger partial charge on any atom is 0.0562 e. The second-order valence-electron chi connectivity index (χ2n) is 5.21. The second-order valence-corrected chi connectivity index (χ2v) is 5.21. The van der Waals surface area contributed by atoms with E-state index in [1.165, 1.54) is 0 Å². The van der Waals surface area contributed by atoms with E-state index in [0.29, 0.717) is 18.4 Å². The highest BCUT2D eigenvalue weighted by atomic mass is 16.5. The quantitative estimate of drug-likeness (QED) is 0.600. The van der Waals surface area contributed by atoms with Crippen molar-refractivity contribution in [2.75, 3.05) is 13.2 Å². The van der Waals surface area contributed by atoms with E-state index in [2.05, 4.69) is 27.7 Å². The lowest BCUT2D eigenvalue weighted by Gasteiger charge is -2.12. The summed E-state index contributed by atoms with van der Waals surface area (Å²) in [6.45, 7) is 10.3. The van der Waals surface area contributed by atoms with Crippen LogP contribution in [0.15, 0.2) is 0 Å². The van der Waals surface area contributed by atoms with Gasteiger partial charge < -0.3 is 9.84 Å². The van der Waals surface area contributed by atoms with Crippen LogP contribution in [0.25, 0.3) is 0 Å². The molecule has 0 radical (unpaired) electrons. The lowest BCUT2D eigenvalue weighted by atomic mass is 10.0. The normalized spacial score (nSPS) is 13.8. The number of hydrogen-bond donors (Lipinski definition) is 1. The molecule has 0 aliphatic heterocycles. The van der Waals surface area contributed by atoms with E-state index in [0.717, 1.165) is 32.3 Å². The third-order valence-electron chi connectivity index (χ3n) is 2.51. The van der Waals surface area contributed by atoms with E-state index in [1.807, 2.05) is 0 Å². The Morgan fingerprint density at radius 1 is 0.800 bits per heavy atom. The zero-order valence-electron chi connectivity index (χ0n) is 10.8. The highest BCUT2D eigenvalue weighted by molar-refractivity contribution is 4.57. The Balaban J connectivity index is 3.20. The van der Waals surface area contributed by atoms with Gasteiger partial charge in [-0.05, 0) is 37.5 Å².